The van der Waals surface area contributed by atoms with Crippen molar-refractivity contribution < 1.29 is 4.92 Å². The average Bonchev–Trinajstić information content (AvgIpc) is 2.03. The molecule has 0 radical (unpaired) electrons. The highest BCUT2D eigenvalue weighted by Crippen LogP contribution is 2.21. The van der Waals surface area contributed by atoms with Crippen molar-refractivity contribution in [2.24, 2.45) is 0 Å². The largest absolute Gasteiger partial charge is 0.297 e. The molecule has 12 heavy (non-hydrogen) atoms. The lowest BCUT2D eigenvalue weighted by Gasteiger charge is -1.98. The summed E-state index contributed by atoms with van der Waals surface area (Å²) in [6.07, 6.45) is 2.98. The summed E-state index contributed by atoms with van der Waals surface area (Å²) in [6, 6.07) is 1.57. The summed E-state index contributed by atoms with van der Waals surface area (Å²) in [7, 11) is 0. The van der Waals surface area contributed by atoms with E-state index in [2.05, 4.69) is 11.6 Å². The minimum absolute atomic E-state index is 0.0347. The molecule has 1 aromatic rings. The van der Waals surface area contributed by atoms with Crippen LogP contribution in [-0.2, 0) is 0 Å². The molecule has 0 bridgehead atoms. The van der Waals surface area contributed by atoms with Gasteiger partial charge in [0.2, 0.25) is 0 Å². The molecular weight excluding hydrogens is 156 g/mol. The Bertz CT molecular complexity index is 334. The van der Waals surface area contributed by atoms with Crippen molar-refractivity contribution >= 4 is 11.8 Å². The van der Waals surface area contributed by atoms with Crippen LogP contribution in [0.25, 0.3) is 6.08 Å². The van der Waals surface area contributed by atoms with Crippen LogP contribution < -0.4 is 0 Å². The highest BCUT2D eigenvalue weighted by molar-refractivity contribution is 5.60. The SMILES string of the molecule is C=Cc1ccnc(C)c1[N+](=O)[O-]. The van der Waals surface area contributed by atoms with E-state index in [1.54, 1.807) is 13.0 Å². The maximum atomic E-state index is 10.5. The highest BCUT2D eigenvalue weighted by Gasteiger charge is 2.14. The van der Waals surface area contributed by atoms with Crippen LogP contribution in [0.2, 0.25) is 0 Å². The second-order valence-electron chi connectivity index (χ2n) is 2.30. The minimum Gasteiger partial charge on any atom is -0.258 e. The molecule has 0 aromatic carbocycles. The maximum absolute atomic E-state index is 10.5. The Morgan fingerprint density at radius 1 is 1.75 bits per heavy atom. The van der Waals surface area contributed by atoms with Gasteiger partial charge in [0.1, 0.15) is 5.69 Å². The topological polar surface area (TPSA) is 56.0 Å². The molecule has 0 atom stereocenters. The molecule has 0 aliphatic rings. The Morgan fingerprint density at radius 2 is 2.42 bits per heavy atom. The molecule has 1 aromatic heterocycles. The van der Waals surface area contributed by atoms with Gasteiger partial charge in [0.15, 0.2) is 0 Å². The minimum atomic E-state index is -0.445. The van der Waals surface area contributed by atoms with E-state index in [0.29, 0.717) is 11.3 Å². The first-order valence-electron chi connectivity index (χ1n) is 3.39. The van der Waals surface area contributed by atoms with Crippen molar-refractivity contribution in [2.45, 2.75) is 6.92 Å². The third-order valence-electron chi connectivity index (χ3n) is 1.54. The lowest BCUT2D eigenvalue weighted by atomic mass is 10.2. The van der Waals surface area contributed by atoms with Gasteiger partial charge in [-0.1, -0.05) is 12.7 Å². The van der Waals surface area contributed by atoms with E-state index in [-0.39, 0.29) is 5.69 Å². The molecule has 0 saturated carbocycles. The van der Waals surface area contributed by atoms with Crippen molar-refractivity contribution in [3.05, 3.63) is 40.2 Å². The van der Waals surface area contributed by atoms with Gasteiger partial charge < -0.3 is 0 Å². The van der Waals surface area contributed by atoms with Crippen LogP contribution in [0.1, 0.15) is 11.3 Å². The molecular formula is C8H8N2O2. The van der Waals surface area contributed by atoms with Gasteiger partial charge in [-0.2, -0.15) is 0 Å². The van der Waals surface area contributed by atoms with E-state index in [1.165, 1.54) is 12.3 Å². The van der Waals surface area contributed by atoms with Gasteiger partial charge in [0.05, 0.1) is 10.5 Å². The molecule has 1 heterocycles. The lowest BCUT2D eigenvalue weighted by Crippen LogP contribution is -1.96. The molecule has 4 nitrogen and oxygen atoms in total. The van der Waals surface area contributed by atoms with Gasteiger partial charge in [-0.3, -0.25) is 15.1 Å². The monoisotopic (exact) mass is 164 g/mol. The van der Waals surface area contributed by atoms with Crippen molar-refractivity contribution in [2.75, 3.05) is 0 Å². The first-order valence-corrected chi connectivity index (χ1v) is 3.39. The summed E-state index contributed by atoms with van der Waals surface area (Å²) in [4.78, 5) is 13.9. The van der Waals surface area contributed by atoms with Gasteiger partial charge in [-0.15, -0.1) is 0 Å². The Morgan fingerprint density at radius 3 is 2.83 bits per heavy atom. The van der Waals surface area contributed by atoms with Gasteiger partial charge in [0, 0.05) is 6.20 Å². The smallest absolute Gasteiger partial charge is 0.258 e. The Kier molecular flexibility index (Phi) is 2.19. The molecule has 0 spiro atoms. The summed E-state index contributed by atoms with van der Waals surface area (Å²) < 4.78 is 0. The van der Waals surface area contributed by atoms with E-state index in [4.69, 9.17) is 0 Å². The second kappa shape index (κ2) is 3.13. The van der Waals surface area contributed by atoms with Crippen molar-refractivity contribution in [1.29, 1.82) is 0 Å². The van der Waals surface area contributed by atoms with E-state index in [1.807, 2.05) is 0 Å². The molecule has 0 unspecified atom stereocenters. The first-order chi connectivity index (χ1) is 5.66. The molecule has 0 saturated heterocycles. The fourth-order valence-electron chi connectivity index (χ4n) is 0.981. The molecule has 0 aliphatic carbocycles. The number of aryl methyl sites for hydroxylation is 1. The van der Waals surface area contributed by atoms with Gasteiger partial charge in [0.25, 0.3) is 5.69 Å². The molecule has 0 fully saturated rings. The van der Waals surface area contributed by atoms with E-state index in [9.17, 15) is 10.1 Å². The molecule has 0 aliphatic heterocycles. The lowest BCUT2D eigenvalue weighted by molar-refractivity contribution is -0.385. The van der Waals surface area contributed by atoms with Crippen LogP contribution in [0, 0.1) is 17.0 Å². The van der Waals surface area contributed by atoms with E-state index in [0.717, 1.165) is 0 Å². The summed E-state index contributed by atoms with van der Waals surface area (Å²) in [5.74, 6) is 0. The zero-order valence-corrected chi connectivity index (χ0v) is 6.65. The average molecular weight is 164 g/mol. The summed E-state index contributed by atoms with van der Waals surface area (Å²) >= 11 is 0. The van der Waals surface area contributed by atoms with Gasteiger partial charge in [-0.25, -0.2) is 0 Å². The molecule has 0 N–H and O–H groups in total. The van der Waals surface area contributed by atoms with Crippen LogP contribution in [0.15, 0.2) is 18.8 Å². The molecule has 0 amide bonds. The summed E-state index contributed by atoms with van der Waals surface area (Å²) in [5.41, 5.74) is 0.956. The Labute approximate surface area is 69.7 Å². The number of aromatic nitrogens is 1. The molecule has 62 valence electrons. The zero-order valence-electron chi connectivity index (χ0n) is 6.65. The first kappa shape index (κ1) is 8.39. The fraction of sp³-hybridized carbons (Fsp3) is 0.125. The van der Waals surface area contributed by atoms with Crippen LogP contribution in [0.4, 0.5) is 5.69 Å². The highest BCUT2D eigenvalue weighted by atomic mass is 16.6. The van der Waals surface area contributed by atoms with Crippen molar-refractivity contribution in [3.8, 4) is 0 Å². The third-order valence-corrected chi connectivity index (χ3v) is 1.54. The second-order valence-corrected chi connectivity index (χ2v) is 2.30. The van der Waals surface area contributed by atoms with Gasteiger partial charge >= 0.3 is 0 Å². The zero-order chi connectivity index (χ0) is 9.14. The predicted octanol–water partition coefficient (Wildman–Crippen LogP) is 1.94. The maximum Gasteiger partial charge on any atom is 0.297 e. The normalized spacial score (nSPS) is 9.42. The standard InChI is InChI=1S/C8H8N2O2/c1-3-7-4-5-9-6(2)8(7)10(11)12/h3-5H,1H2,2H3. The Balaban J connectivity index is 3.39. The van der Waals surface area contributed by atoms with E-state index >= 15 is 0 Å². The predicted molar refractivity (Wildman–Crippen MR) is 45.7 cm³/mol. The fourth-order valence-corrected chi connectivity index (χ4v) is 0.981. The van der Waals surface area contributed by atoms with Crippen LogP contribution in [0.3, 0.4) is 0 Å². The van der Waals surface area contributed by atoms with Crippen LogP contribution in [0.5, 0.6) is 0 Å². The summed E-state index contributed by atoms with van der Waals surface area (Å²) in [6.45, 7) is 5.09. The number of hydrogen-bond donors (Lipinski definition) is 0. The molecule has 1 rings (SSSR count). The number of pyridine rings is 1. The van der Waals surface area contributed by atoms with Gasteiger partial charge in [-0.05, 0) is 13.0 Å². The summed E-state index contributed by atoms with van der Waals surface area (Å²) in [5, 5.41) is 10.5. The molecule has 4 heteroatoms. The number of nitro groups is 1. The van der Waals surface area contributed by atoms with Crippen molar-refractivity contribution in [1.82, 2.24) is 4.98 Å². The number of nitrogens with zero attached hydrogens (tertiary/aromatic N) is 2. The Hall–Kier alpha value is -1.71. The van der Waals surface area contributed by atoms with Crippen molar-refractivity contribution in [3.63, 3.8) is 0 Å². The van der Waals surface area contributed by atoms with Crippen LogP contribution in [-0.4, -0.2) is 9.91 Å². The number of rotatable bonds is 2. The quantitative estimate of drug-likeness (QED) is 0.495. The number of hydrogen-bond acceptors (Lipinski definition) is 3. The third kappa shape index (κ3) is 1.32. The van der Waals surface area contributed by atoms with Crippen LogP contribution >= 0.6 is 0 Å². The van der Waals surface area contributed by atoms with E-state index < -0.39 is 4.92 Å².